The summed E-state index contributed by atoms with van der Waals surface area (Å²) in [7, 11) is 0. The van der Waals surface area contributed by atoms with E-state index in [0.29, 0.717) is 19.5 Å². The number of halogens is 1. The van der Waals surface area contributed by atoms with E-state index in [9.17, 15) is 9.59 Å². The number of hydrogen-bond acceptors (Lipinski definition) is 3. The van der Waals surface area contributed by atoms with Gasteiger partial charge in [-0.05, 0) is 31.9 Å². The molecule has 2 saturated heterocycles. The summed E-state index contributed by atoms with van der Waals surface area (Å²) in [5.41, 5.74) is 2.34. The summed E-state index contributed by atoms with van der Waals surface area (Å²) in [5.74, 6) is 0.0697. The van der Waals surface area contributed by atoms with Gasteiger partial charge in [0.25, 0.3) is 0 Å². The zero-order chi connectivity index (χ0) is 17.8. The highest BCUT2D eigenvalue weighted by Crippen LogP contribution is 2.24. The number of nitrogens with one attached hydrogen (secondary N) is 1. The van der Waals surface area contributed by atoms with Crippen LogP contribution in [0, 0.1) is 12.8 Å². The number of benzene rings is 1. The molecule has 1 aromatic rings. The highest BCUT2D eigenvalue weighted by Gasteiger charge is 2.38. The van der Waals surface area contributed by atoms with Crippen molar-refractivity contribution >= 4 is 24.2 Å². The summed E-state index contributed by atoms with van der Waals surface area (Å²) in [6, 6.07) is 8.54. The smallest absolute Gasteiger partial charge is 0.228 e. The molecule has 144 valence electrons. The predicted octanol–water partition coefficient (Wildman–Crippen LogP) is 2.37. The molecule has 1 aromatic carbocycles. The van der Waals surface area contributed by atoms with Gasteiger partial charge in [-0.25, -0.2) is 0 Å². The normalized spacial score (nSPS) is 22.4. The Bertz CT molecular complexity index is 614. The van der Waals surface area contributed by atoms with E-state index in [-0.39, 0.29) is 36.2 Å². The van der Waals surface area contributed by atoms with Gasteiger partial charge in [0.15, 0.2) is 0 Å². The van der Waals surface area contributed by atoms with Crippen molar-refractivity contribution in [3.05, 3.63) is 35.4 Å². The number of carbonyl (C=O) groups is 2. The molecule has 26 heavy (non-hydrogen) atoms. The Morgan fingerprint density at radius 2 is 2.04 bits per heavy atom. The Hall–Kier alpha value is -1.59. The molecule has 2 aliphatic heterocycles. The topological polar surface area (TPSA) is 52.7 Å². The molecule has 2 unspecified atom stereocenters. The molecular formula is C20H30ClN3O2. The first-order valence-corrected chi connectivity index (χ1v) is 9.43. The molecule has 0 spiro atoms. The van der Waals surface area contributed by atoms with Crippen LogP contribution in [0.25, 0.3) is 0 Å². The average molecular weight is 380 g/mol. The first-order chi connectivity index (χ1) is 12.1. The summed E-state index contributed by atoms with van der Waals surface area (Å²) in [6.07, 6.45) is 2.32. The maximum Gasteiger partial charge on any atom is 0.228 e. The fraction of sp³-hybridized carbons (Fsp3) is 0.600. The molecule has 2 heterocycles. The summed E-state index contributed by atoms with van der Waals surface area (Å²) < 4.78 is 0. The first kappa shape index (κ1) is 20.7. The van der Waals surface area contributed by atoms with Crippen LogP contribution in [0.1, 0.15) is 37.3 Å². The van der Waals surface area contributed by atoms with E-state index in [1.54, 1.807) is 0 Å². The van der Waals surface area contributed by atoms with E-state index in [2.05, 4.69) is 43.4 Å². The molecule has 2 atom stereocenters. The highest BCUT2D eigenvalue weighted by atomic mass is 35.5. The fourth-order valence-corrected chi connectivity index (χ4v) is 3.86. The lowest BCUT2D eigenvalue weighted by molar-refractivity contribution is -0.137. The molecule has 3 rings (SSSR count). The number of amides is 2. The van der Waals surface area contributed by atoms with Gasteiger partial charge in [-0.3, -0.25) is 9.59 Å². The average Bonchev–Trinajstić information content (AvgIpc) is 3.25. The molecule has 2 fully saturated rings. The van der Waals surface area contributed by atoms with Gasteiger partial charge in [-0.15, -0.1) is 12.4 Å². The monoisotopic (exact) mass is 379 g/mol. The molecule has 2 aliphatic rings. The summed E-state index contributed by atoms with van der Waals surface area (Å²) in [4.78, 5) is 29.3. The predicted molar refractivity (Wildman–Crippen MR) is 105 cm³/mol. The van der Waals surface area contributed by atoms with Gasteiger partial charge >= 0.3 is 0 Å². The van der Waals surface area contributed by atoms with Crippen LogP contribution in [0.5, 0.6) is 0 Å². The molecule has 1 N–H and O–H groups in total. The van der Waals surface area contributed by atoms with Crippen molar-refractivity contribution in [3.63, 3.8) is 0 Å². The summed E-state index contributed by atoms with van der Waals surface area (Å²) in [6.45, 7) is 7.94. The third-order valence-corrected chi connectivity index (χ3v) is 5.28. The van der Waals surface area contributed by atoms with Gasteiger partial charge in [0.2, 0.25) is 11.8 Å². The molecular weight excluding hydrogens is 350 g/mol. The van der Waals surface area contributed by atoms with Gasteiger partial charge in [0.1, 0.15) is 0 Å². The van der Waals surface area contributed by atoms with Crippen molar-refractivity contribution in [2.24, 2.45) is 5.92 Å². The number of nitrogens with zero attached hydrogens (tertiary/aromatic N) is 2. The van der Waals surface area contributed by atoms with Crippen molar-refractivity contribution in [2.75, 3.05) is 26.2 Å². The fourth-order valence-electron chi connectivity index (χ4n) is 3.86. The Morgan fingerprint density at radius 3 is 2.65 bits per heavy atom. The van der Waals surface area contributed by atoms with Crippen LogP contribution in [0.2, 0.25) is 0 Å². The molecule has 2 amide bonds. The molecule has 0 saturated carbocycles. The Kier molecular flexibility index (Phi) is 7.47. The standard InChI is InChI=1S/C20H29N3O2.ClH/c1-3-10-23(18-8-9-21-12-18)20(25)17-11-19(24)22(14-17)13-16-6-4-15(2)5-7-16;/h4-7,17-18,21H,3,8-14H2,1-2H3;1H. The Balaban J connectivity index is 0.00000243. The minimum absolute atomic E-state index is 0. The van der Waals surface area contributed by atoms with Crippen LogP contribution in [0.3, 0.4) is 0 Å². The van der Waals surface area contributed by atoms with Crippen LogP contribution in [-0.2, 0) is 16.1 Å². The van der Waals surface area contributed by atoms with Gasteiger partial charge < -0.3 is 15.1 Å². The Morgan fingerprint density at radius 1 is 1.31 bits per heavy atom. The second kappa shape index (κ2) is 9.38. The molecule has 0 aromatic heterocycles. The van der Waals surface area contributed by atoms with Crippen LogP contribution in [0.4, 0.5) is 0 Å². The van der Waals surface area contributed by atoms with Gasteiger partial charge in [0.05, 0.1) is 5.92 Å². The van der Waals surface area contributed by atoms with Crippen molar-refractivity contribution in [3.8, 4) is 0 Å². The molecule has 5 nitrogen and oxygen atoms in total. The first-order valence-electron chi connectivity index (χ1n) is 9.43. The van der Waals surface area contributed by atoms with Crippen LogP contribution in [0.15, 0.2) is 24.3 Å². The molecule has 0 radical (unpaired) electrons. The van der Waals surface area contributed by atoms with Gasteiger partial charge in [0, 0.05) is 38.6 Å². The molecule has 6 heteroatoms. The minimum atomic E-state index is -0.190. The minimum Gasteiger partial charge on any atom is -0.338 e. The van der Waals surface area contributed by atoms with E-state index < -0.39 is 0 Å². The lowest BCUT2D eigenvalue weighted by Gasteiger charge is -2.30. The van der Waals surface area contributed by atoms with Crippen molar-refractivity contribution in [2.45, 2.75) is 45.7 Å². The second-order valence-corrected chi connectivity index (χ2v) is 7.34. The van der Waals surface area contributed by atoms with Crippen molar-refractivity contribution < 1.29 is 9.59 Å². The lowest BCUT2D eigenvalue weighted by atomic mass is 10.0. The SMILES string of the molecule is CCCN(C(=O)C1CC(=O)N(Cc2ccc(C)cc2)C1)C1CCNC1.Cl. The number of hydrogen-bond donors (Lipinski definition) is 1. The third kappa shape index (κ3) is 4.77. The maximum absolute atomic E-state index is 13.0. The highest BCUT2D eigenvalue weighted by molar-refractivity contribution is 5.89. The zero-order valence-corrected chi connectivity index (χ0v) is 16.6. The summed E-state index contributed by atoms with van der Waals surface area (Å²) in [5, 5.41) is 3.34. The second-order valence-electron chi connectivity index (χ2n) is 7.34. The summed E-state index contributed by atoms with van der Waals surface area (Å²) >= 11 is 0. The van der Waals surface area contributed by atoms with E-state index in [0.717, 1.165) is 38.0 Å². The zero-order valence-electron chi connectivity index (χ0n) is 15.7. The van der Waals surface area contributed by atoms with Crippen LogP contribution < -0.4 is 5.32 Å². The van der Waals surface area contributed by atoms with Crippen LogP contribution in [-0.4, -0.2) is 53.8 Å². The number of aryl methyl sites for hydroxylation is 1. The maximum atomic E-state index is 13.0. The van der Waals surface area contributed by atoms with E-state index in [1.165, 1.54) is 5.56 Å². The molecule has 0 bridgehead atoms. The quantitative estimate of drug-likeness (QED) is 0.825. The number of likely N-dealkylation sites (tertiary alicyclic amines) is 1. The number of rotatable bonds is 6. The van der Waals surface area contributed by atoms with E-state index in [4.69, 9.17) is 0 Å². The van der Waals surface area contributed by atoms with Crippen molar-refractivity contribution in [1.82, 2.24) is 15.1 Å². The van der Waals surface area contributed by atoms with E-state index in [1.807, 2.05) is 9.80 Å². The Labute approximate surface area is 162 Å². The van der Waals surface area contributed by atoms with Crippen LogP contribution >= 0.6 is 12.4 Å². The molecule has 0 aliphatic carbocycles. The van der Waals surface area contributed by atoms with Gasteiger partial charge in [-0.1, -0.05) is 36.8 Å². The third-order valence-electron chi connectivity index (χ3n) is 5.28. The van der Waals surface area contributed by atoms with E-state index >= 15 is 0 Å². The van der Waals surface area contributed by atoms with Gasteiger partial charge in [-0.2, -0.15) is 0 Å². The lowest BCUT2D eigenvalue weighted by Crippen LogP contribution is -2.45. The largest absolute Gasteiger partial charge is 0.338 e. The number of carbonyl (C=O) groups excluding carboxylic acids is 2. The van der Waals surface area contributed by atoms with Crippen molar-refractivity contribution in [1.29, 1.82) is 0 Å².